The molecule has 0 atom stereocenters. The van der Waals surface area contributed by atoms with Gasteiger partial charge in [0, 0.05) is 18.7 Å². The number of rotatable bonds is 8. The van der Waals surface area contributed by atoms with E-state index in [1.165, 1.54) is 12.1 Å². The molecule has 0 saturated heterocycles. The summed E-state index contributed by atoms with van der Waals surface area (Å²) in [7, 11) is 0. The number of primary amides is 1. The molecule has 1 aromatic carbocycles. The summed E-state index contributed by atoms with van der Waals surface area (Å²) in [6.07, 6.45) is 2.23. The number of unbranched alkanes of at least 4 members (excludes halogenated alkanes) is 2. The summed E-state index contributed by atoms with van der Waals surface area (Å²) in [6.45, 7) is 0.531. The zero-order chi connectivity index (χ0) is 14.3. The molecule has 6 heteroatoms. The summed E-state index contributed by atoms with van der Waals surface area (Å²) in [5, 5.41) is 11.4. The molecule has 0 aliphatic rings. The Hall–Kier alpha value is -2.11. The molecule has 0 aliphatic heterocycles. The Morgan fingerprint density at radius 1 is 1.26 bits per heavy atom. The van der Waals surface area contributed by atoms with Crippen molar-refractivity contribution in [3.8, 4) is 0 Å². The molecule has 0 spiro atoms. The first kappa shape index (κ1) is 14.9. The Labute approximate surface area is 110 Å². The van der Waals surface area contributed by atoms with Crippen LogP contribution in [0, 0.1) is 5.82 Å². The second kappa shape index (κ2) is 7.35. The second-order valence-electron chi connectivity index (χ2n) is 4.16. The number of aliphatic carboxylic acids is 1. The fourth-order valence-electron chi connectivity index (χ4n) is 1.72. The van der Waals surface area contributed by atoms with Crippen LogP contribution < -0.4 is 11.1 Å². The molecular formula is C13H17FN2O3. The number of carbonyl (C=O) groups excluding carboxylic acids is 1. The molecule has 0 radical (unpaired) electrons. The third-order valence-electron chi connectivity index (χ3n) is 2.64. The van der Waals surface area contributed by atoms with Crippen LogP contribution in [0.25, 0.3) is 0 Å². The van der Waals surface area contributed by atoms with Crippen molar-refractivity contribution in [2.24, 2.45) is 5.73 Å². The first-order chi connectivity index (χ1) is 9.02. The summed E-state index contributed by atoms with van der Waals surface area (Å²) < 4.78 is 13.4. The summed E-state index contributed by atoms with van der Waals surface area (Å²) in [5.74, 6) is -2.27. The molecule has 0 unspecified atom stereocenters. The van der Waals surface area contributed by atoms with Crippen LogP contribution in [0.2, 0.25) is 0 Å². The lowest BCUT2D eigenvalue weighted by Crippen LogP contribution is -2.17. The average molecular weight is 268 g/mol. The number of amides is 1. The van der Waals surface area contributed by atoms with Crippen LogP contribution in [0.15, 0.2) is 18.2 Å². The molecule has 0 heterocycles. The molecule has 0 bridgehead atoms. The molecule has 0 saturated carbocycles. The summed E-state index contributed by atoms with van der Waals surface area (Å²) in [6, 6.07) is 4.26. The van der Waals surface area contributed by atoms with Crippen LogP contribution in [0.5, 0.6) is 0 Å². The molecule has 1 rings (SSSR count). The Bertz CT molecular complexity index is 463. The summed E-state index contributed by atoms with van der Waals surface area (Å²) >= 11 is 0. The van der Waals surface area contributed by atoms with Gasteiger partial charge in [0.05, 0.1) is 5.56 Å². The lowest BCUT2D eigenvalue weighted by Gasteiger charge is -2.10. The fraction of sp³-hybridized carbons (Fsp3) is 0.385. The van der Waals surface area contributed by atoms with Gasteiger partial charge < -0.3 is 16.2 Å². The number of nitrogens with one attached hydrogen (secondary N) is 1. The first-order valence-electron chi connectivity index (χ1n) is 6.06. The SMILES string of the molecule is NC(=O)c1c(F)cccc1NCCCCCC(=O)O. The van der Waals surface area contributed by atoms with E-state index in [4.69, 9.17) is 10.8 Å². The number of halogens is 1. The van der Waals surface area contributed by atoms with E-state index in [2.05, 4.69) is 5.32 Å². The van der Waals surface area contributed by atoms with Gasteiger partial charge in [-0.05, 0) is 25.0 Å². The van der Waals surface area contributed by atoms with Crippen molar-refractivity contribution in [1.29, 1.82) is 0 Å². The largest absolute Gasteiger partial charge is 0.481 e. The van der Waals surface area contributed by atoms with Crippen molar-refractivity contribution in [2.45, 2.75) is 25.7 Å². The van der Waals surface area contributed by atoms with Gasteiger partial charge in [-0.15, -0.1) is 0 Å². The molecule has 0 fully saturated rings. The standard InChI is InChI=1S/C13H17FN2O3/c14-9-5-4-6-10(12(9)13(15)19)16-8-3-1-2-7-11(17)18/h4-6,16H,1-3,7-8H2,(H2,15,19)(H,17,18). The van der Waals surface area contributed by atoms with Gasteiger partial charge >= 0.3 is 5.97 Å². The molecule has 1 aromatic rings. The smallest absolute Gasteiger partial charge is 0.303 e. The molecular weight excluding hydrogens is 251 g/mol. The minimum atomic E-state index is -0.813. The Morgan fingerprint density at radius 2 is 2.00 bits per heavy atom. The van der Waals surface area contributed by atoms with E-state index in [1.54, 1.807) is 6.07 Å². The lowest BCUT2D eigenvalue weighted by atomic mass is 10.1. The zero-order valence-corrected chi connectivity index (χ0v) is 10.5. The molecule has 0 aliphatic carbocycles. The Kier molecular flexibility index (Phi) is 5.78. The zero-order valence-electron chi connectivity index (χ0n) is 10.5. The third-order valence-corrected chi connectivity index (χ3v) is 2.64. The van der Waals surface area contributed by atoms with Crippen LogP contribution in [0.1, 0.15) is 36.0 Å². The number of nitrogens with two attached hydrogens (primary N) is 1. The minimum Gasteiger partial charge on any atom is -0.481 e. The van der Waals surface area contributed by atoms with Crippen molar-refractivity contribution in [3.05, 3.63) is 29.6 Å². The third kappa shape index (κ3) is 4.95. The van der Waals surface area contributed by atoms with Crippen LogP contribution >= 0.6 is 0 Å². The molecule has 4 N–H and O–H groups in total. The van der Waals surface area contributed by atoms with Crippen LogP contribution in [0.3, 0.4) is 0 Å². The van der Waals surface area contributed by atoms with Gasteiger partial charge in [-0.2, -0.15) is 0 Å². The lowest BCUT2D eigenvalue weighted by molar-refractivity contribution is -0.137. The maximum absolute atomic E-state index is 13.4. The summed E-state index contributed by atoms with van der Waals surface area (Å²) in [5.41, 5.74) is 5.34. The van der Waals surface area contributed by atoms with Crippen LogP contribution in [-0.2, 0) is 4.79 Å². The van der Waals surface area contributed by atoms with E-state index in [9.17, 15) is 14.0 Å². The second-order valence-corrected chi connectivity index (χ2v) is 4.16. The van der Waals surface area contributed by atoms with Crippen LogP contribution in [-0.4, -0.2) is 23.5 Å². The quantitative estimate of drug-likeness (QED) is 0.628. The van der Waals surface area contributed by atoms with Crippen molar-refractivity contribution in [2.75, 3.05) is 11.9 Å². The number of carboxylic acids is 1. The van der Waals surface area contributed by atoms with Gasteiger partial charge in [-0.3, -0.25) is 9.59 Å². The van der Waals surface area contributed by atoms with Crippen molar-refractivity contribution < 1.29 is 19.1 Å². The highest BCUT2D eigenvalue weighted by Gasteiger charge is 2.13. The highest BCUT2D eigenvalue weighted by Crippen LogP contribution is 2.18. The number of benzene rings is 1. The first-order valence-corrected chi connectivity index (χ1v) is 6.06. The Balaban J connectivity index is 2.43. The molecule has 5 nitrogen and oxygen atoms in total. The minimum absolute atomic E-state index is 0.145. The van der Waals surface area contributed by atoms with E-state index >= 15 is 0 Å². The average Bonchev–Trinajstić information content (AvgIpc) is 2.32. The number of carboxylic acid groups (broad SMARTS) is 1. The predicted octanol–water partition coefficient (Wildman–Crippen LogP) is 1.98. The molecule has 104 valence electrons. The predicted molar refractivity (Wildman–Crippen MR) is 69.5 cm³/mol. The van der Waals surface area contributed by atoms with Crippen molar-refractivity contribution >= 4 is 17.6 Å². The fourth-order valence-corrected chi connectivity index (χ4v) is 1.72. The molecule has 19 heavy (non-hydrogen) atoms. The number of anilines is 1. The van der Waals surface area contributed by atoms with Gasteiger partial charge in [-0.1, -0.05) is 12.5 Å². The maximum Gasteiger partial charge on any atom is 0.303 e. The molecule has 0 aromatic heterocycles. The van der Waals surface area contributed by atoms with Crippen molar-refractivity contribution in [1.82, 2.24) is 0 Å². The number of hydrogen-bond acceptors (Lipinski definition) is 3. The number of carbonyl (C=O) groups is 2. The topological polar surface area (TPSA) is 92.4 Å². The van der Waals surface area contributed by atoms with E-state index < -0.39 is 17.7 Å². The van der Waals surface area contributed by atoms with Crippen LogP contribution in [0.4, 0.5) is 10.1 Å². The van der Waals surface area contributed by atoms with Gasteiger partial charge in [-0.25, -0.2) is 4.39 Å². The van der Waals surface area contributed by atoms with Gasteiger partial charge in [0.2, 0.25) is 0 Å². The monoisotopic (exact) mass is 268 g/mol. The highest BCUT2D eigenvalue weighted by molar-refractivity contribution is 5.98. The summed E-state index contributed by atoms with van der Waals surface area (Å²) in [4.78, 5) is 21.4. The Morgan fingerprint density at radius 3 is 2.63 bits per heavy atom. The van der Waals surface area contributed by atoms with Crippen molar-refractivity contribution in [3.63, 3.8) is 0 Å². The molecule has 1 amide bonds. The van der Waals surface area contributed by atoms with E-state index in [-0.39, 0.29) is 12.0 Å². The maximum atomic E-state index is 13.4. The highest BCUT2D eigenvalue weighted by atomic mass is 19.1. The van der Waals surface area contributed by atoms with E-state index in [1.807, 2.05) is 0 Å². The van der Waals surface area contributed by atoms with E-state index in [0.717, 1.165) is 12.8 Å². The van der Waals surface area contributed by atoms with Gasteiger partial charge in [0.1, 0.15) is 5.82 Å². The van der Waals surface area contributed by atoms with Gasteiger partial charge in [0.25, 0.3) is 5.91 Å². The van der Waals surface area contributed by atoms with E-state index in [0.29, 0.717) is 18.7 Å². The number of hydrogen-bond donors (Lipinski definition) is 3. The normalized spacial score (nSPS) is 10.2. The van der Waals surface area contributed by atoms with Gasteiger partial charge in [0.15, 0.2) is 0 Å².